The van der Waals surface area contributed by atoms with E-state index in [1.807, 2.05) is 13.2 Å². The smallest absolute Gasteiger partial charge is 0.0641 e. The molecule has 4 heteroatoms. The van der Waals surface area contributed by atoms with Gasteiger partial charge in [-0.2, -0.15) is 5.10 Å². The zero-order valence-electron chi connectivity index (χ0n) is 11.7. The van der Waals surface area contributed by atoms with Crippen molar-refractivity contribution in [3.05, 3.63) is 18.0 Å². The van der Waals surface area contributed by atoms with E-state index >= 15 is 0 Å². The average molecular weight is 239 g/mol. The first-order valence-electron chi connectivity index (χ1n) is 6.28. The molecule has 0 saturated carbocycles. The summed E-state index contributed by atoms with van der Waals surface area (Å²) in [5.74, 6) is 0. The molecule has 0 aromatic carbocycles. The minimum Gasteiger partial charge on any atom is -0.379 e. The predicted molar refractivity (Wildman–Crippen MR) is 70.0 cm³/mol. The topological polar surface area (TPSA) is 39.1 Å². The van der Waals surface area contributed by atoms with Crippen molar-refractivity contribution in [3.8, 4) is 0 Å². The van der Waals surface area contributed by atoms with E-state index in [4.69, 9.17) is 4.74 Å². The quantitative estimate of drug-likeness (QED) is 0.794. The first-order valence-corrected chi connectivity index (χ1v) is 6.28. The van der Waals surface area contributed by atoms with E-state index in [-0.39, 0.29) is 11.6 Å². The Labute approximate surface area is 104 Å². The minimum atomic E-state index is -0.130. The average Bonchev–Trinajstić information content (AvgIpc) is 2.75. The van der Waals surface area contributed by atoms with Gasteiger partial charge in [0.05, 0.1) is 17.3 Å². The van der Waals surface area contributed by atoms with Crippen LogP contribution in [0.15, 0.2) is 12.3 Å². The molecule has 0 bridgehead atoms. The van der Waals surface area contributed by atoms with Crippen LogP contribution in [-0.2, 0) is 11.3 Å². The first kappa shape index (κ1) is 14.2. The molecular weight excluding hydrogens is 214 g/mol. The summed E-state index contributed by atoms with van der Waals surface area (Å²) < 4.78 is 7.57. The van der Waals surface area contributed by atoms with Gasteiger partial charge in [0.2, 0.25) is 0 Å². The van der Waals surface area contributed by atoms with Crippen LogP contribution < -0.4 is 5.32 Å². The number of hydrogen-bond acceptors (Lipinski definition) is 3. The van der Waals surface area contributed by atoms with Gasteiger partial charge in [0.25, 0.3) is 0 Å². The third-order valence-corrected chi connectivity index (χ3v) is 3.14. The number of methoxy groups -OCH3 is 1. The van der Waals surface area contributed by atoms with Crippen molar-refractivity contribution < 1.29 is 4.74 Å². The van der Waals surface area contributed by atoms with Crippen molar-refractivity contribution in [3.63, 3.8) is 0 Å². The molecule has 0 amide bonds. The number of hydrogen-bond donors (Lipinski definition) is 1. The second-order valence-electron chi connectivity index (χ2n) is 4.99. The number of ether oxygens (including phenoxy) is 1. The lowest BCUT2D eigenvalue weighted by atomic mass is 9.96. The Morgan fingerprint density at radius 1 is 1.53 bits per heavy atom. The zero-order valence-corrected chi connectivity index (χ0v) is 11.7. The van der Waals surface area contributed by atoms with Gasteiger partial charge in [-0.1, -0.05) is 6.92 Å². The highest BCUT2D eigenvalue weighted by Gasteiger charge is 2.24. The van der Waals surface area contributed by atoms with E-state index in [0.717, 1.165) is 19.4 Å². The largest absolute Gasteiger partial charge is 0.379 e. The summed E-state index contributed by atoms with van der Waals surface area (Å²) in [7, 11) is 3.75. The molecule has 4 nitrogen and oxygen atoms in total. The summed E-state index contributed by atoms with van der Waals surface area (Å²) in [6.07, 6.45) is 3.89. The molecule has 17 heavy (non-hydrogen) atoms. The molecule has 0 aliphatic heterocycles. The van der Waals surface area contributed by atoms with Crippen LogP contribution >= 0.6 is 0 Å². The molecule has 0 aliphatic rings. The van der Waals surface area contributed by atoms with Gasteiger partial charge in [-0.05, 0) is 39.8 Å². The second-order valence-corrected chi connectivity index (χ2v) is 4.99. The number of nitrogens with zero attached hydrogens (tertiary/aromatic N) is 2. The van der Waals surface area contributed by atoms with Gasteiger partial charge in [-0.15, -0.1) is 0 Å². The van der Waals surface area contributed by atoms with Crippen LogP contribution in [0.1, 0.15) is 45.3 Å². The molecular formula is C13H25N3O. The fourth-order valence-corrected chi connectivity index (χ4v) is 1.97. The normalized spacial score (nSPS) is 13.9. The molecule has 1 aromatic rings. The van der Waals surface area contributed by atoms with Gasteiger partial charge >= 0.3 is 0 Å². The Bertz CT molecular complexity index is 333. The predicted octanol–water partition coefficient (Wildman–Crippen LogP) is 2.37. The van der Waals surface area contributed by atoms with Crippen LogP contribution in [0, 0.1) is 0 Å². The summed E-state index contributed by atoms with van der Waals surface area (Å²) in [6.45, 7) is 7.35. The lowest BCUT2D eigenvalue weighted by Crippen LogP contribution is -2.31. The van der Waals surface area contributed by atoms with Gasteiger partial charge in [-0.25, -0.2) is 0 Å². The summed E-state index contributed by atoms with van der Waals surface area (Å²) in [5, 5.41) is 7.72. The Kier molecular flexibility index (Phi) is 5.15. The summed E-state index contributed by atoms with van der Waals surface area (Å²) in [4.78, 5) is 0. The molecule has 0 saturated heterocycles. The molecule has 0 spiro atoms. The maximum absolute atomic E-state index is 5.50. The maximum atomic E-state index is 5.50. The monoisotopic (exact) mass is 239 g/mol. The highest BCUT2D eigenvalue weighted by molar-refractivity contribution is 5.08. The summed E-state index contributed by atoms with van der Waals surface area (Å²) in [6, 6.07) is 2.36. The fourth-order valence-electron chi connectivity index (χ4n) is 1.97. The SMILES string of the molecule is CCCn1nccc1C(CC(C)(C)OC)NC. The third-order valence-electron chi connectivity index (χ3n) is 3.14. The van der Waals surface area contributed by atoms with Crippen LogP contribution in [0.25, 0.3) is 0 Å². The molecule has 1 atom stereocenters. The van der Waals surface area contributed by atoms with E-state index in [0.29, 0.717) is 0 Å². The van der Waals surface area contributed by atoms with Gasteiger partial charge in [0.15, 0.2) is 0 Å². The lowest BCUT2D eigenvalue weighted by molar-refractivity contribution is 0.00674. The van der Waals surface area contributed by atoms with E-state index in [1.165, 1.54) is 5.69 Å². The van der Waals surface area contributed by atoms with Gasteiger partial charge in [0, 0.05) is 19.9 Å². The molecule has 1 N–H and O–H groups in total. The van der Waals surface area contributed by atoms with Crippen molar-refractivity contribution in [2.24, 2.45) is 0 Å². The molecule has 0 aliphatic carbocycles. The number of nitrogens with one attached hydrogen (secondary N) is 1. The molecule has 1 unspecified atom stereocenters. The van der Waals surface area contributed by atoms with Gasteiger partial charge in [0.1, 0.15) is 0 Å². The van der Waals surface area contributed by atoms with Crippen molar-refractivity contribution in [2.75, 3.05) is 14.2 Å². The van der Waals surface area contributed by atoms with Crippen LogP contribution in [0.4, 0.5) is 0 Å². The van der Waals surface area contributed by atoms with Crippen molar-refractivity contribution in [1.29, 1.82) is 0 Å². The third kappa shape index (κ3) is 3.82. The van der Waals surface area contributed by atoms with E-state index in [9.17, 15) is 0 Å². The highest BCUT2D eigenvalue weighted by Crippen LogP contribution is 2.25. The number of rotatable bonds is 7. The Morgan fingerprint density at radius 3 is 2.76 bits per heavy atom. The van der Waals surface area contributed by atoms with Crippen molar-refractivity contribution in [2.45, 2.75) is 51.8 Å². The maximum Gasteiger partial charge on any atom is 0.0641 e. The summed E-state index contributed by atoms with van der Waals surface area (Å²) >= 11 is 0. The van der Waals surface area contributed by atoms with Crippen LogP contribution in [0.5, 0.6) is 0 Å². The number of aromatic nitrogens is 2. The fraction of sp³-hybridized carbons (Fsp3) is 0.769. The van der Waals surface area contributed by atoms with Crippen LogP contribution in [0.2, 0.25) is 0 Å². The van der Waals surface area contributed by atoms with Crippen LogP contribution in [0.3, 0.4) is 0 Å². The van der Waals surface area contributed by atoms with E-state index in [2.05, 4.69) is 41.9 Å². The van der Waals surface area contributed by atoms with Crippen molar-refractivity contribution >= 4 is 0 Å². The standard InChI is InChI=1S/C13H25N3O/c1-6-9-16-12(7-8-15-16)11(14-4)10-13(2,3)17-5/h7-8,11,14H,6,9-10H2,1-5H3. The molecule has 1 rings (SSSR count). The van der Waals surface area contributed by atoms with E-state index in [1.54, 1.807) is 7.11 Å². The van der Waals surface area contributed by atoms with Gasteiger partial charge in [-0.3, -0.25) is 4.68 Å². The Morgan fingerprint density at radius 2 is 2.24 bits per heavy atom. The van der Waals surface area contributed by atoms with Crippen molar-refractivity contribution in [1.82, 2.24) is 15.1 Å². The highest BCUT2D eigenvalue weighted by atomic mass is 16.5. The Balaban J connectivity index is 2.82. The molecule has 1 heterocycles. The zero-order chi connectivity index (χ0) is 12.9. The lowest BCUT2D eigenvalue weighted by Gasteiger charge is -2.28. The molecule has 1 aromatic heterocycles. The molecule has 0 fully saturated rings. The minimum absolute atomic E-state index is 0.130. The van der Waals surface area contributed by atoms with Gasteiger partial charge < -0.3 is 10.1 Å². The summed E-state index contributed by atoms with van der Waals surface area (Å²) in [5.41, 5.74) is 1.11. The van der Waals surface area contributed by atoms with Crippen LogP contribution in [-0.4, -0.2) is 29.5 Å². The molecule has 98 valence electrons. The Hall–Kier alpha value is -0.870. The molecule has 0 radical (unpaired) electrons. The first-order chi connectivity index (χ1) is 8.04. The van der Waals surface area contributed by atoms with E-state index < -0.39 is 0 Å². The number of aryl methyl sites for hydroxylation is 1. The second kappa shape index (κ2) is 6.17.